The van der Waals surface area contributed by atoms with Crippen LogP contribution in [0.3, 0.4) is 0 Å². The molecule has 0 radical (unpaired) electrons. The molecule has 1 fully saturated rings. The van der Waals surface area contributed by atoms with Crippen LogP contribution in [0.4, 0.5) is 0 Å². The molecule has 0 bridgehead atoms. The summed E-state index contributed by atoms with van der Waals surface area (Å²) in [6.07, 6.45) is 1.78. The zero-order chi connectivity index (χ0) is 19.5. The lowest BCUT2D eigenvalue weighted by Crippen LogP contribution is -2.48. The highest BCUT2D eigenvalue weighted by Crippen LogP contribution is 2.15. The Bertz CT molecular complexity index is 953. The van der Waals surface area contributed by atoms with Crippen LogP contribution in [-0.2, 0) is 6.54 Å². The van der Waals surface area contributed by atoms with Crippen LogP contribution in [0.1, 0.15) is 27.2 Å². The van der Waals surface area contributed by atoms with Gasteiger partial charge in [-0.1, -0.05) is 29.8 Å². The van der Waals surface area contributed by atoms with Crippen molar-refractivity contribution in [1.29, 1.82) is 0 Å². The van der Waals surface area contributed by atoms with Crippen molar-refractivity contribution < 1.29 is 4.79 Å². The van der Waals surface area contributed by atoms with Crippen LogP contribution in [0.5, 0.6) is 0 Å². The Morgan fingerprint density at radius 1 is 0.964 bits per heavy atom. The maximum atomic E-state index is 12.9. The zero-order valence-electron chi connectivity index (χ0n) is 16.5. The fraction of sp³-hybridized carbons (Fsp3) is 0.304. The minimum absolute atomic E-state index is 0.110. The number of amides is 1. The number of nitrogens with zero attached hydrogens (tertiary/aromatic N) is 4. The summed E-state index contributed by atoms with van der Waals surface area (Å²) in [6, 6.07) is 18.3. The molecule has 28 heavy (non-hydrogen) atoms. The molecule has 1 aromatic heterocycles. The number of aryl methyl sites for hydroxylation is 2. The van der Waals surface area contributed by atoms with E-state index in [1.165, 1.54) is 11.1 Å². The number of carbonyl (C=O) groups is 1. The SMILES string of the molecule is Cc1cccc(CN2CCN(C(=O)c3ccc(-n4nccc4C)cc3)CC2)c1. The molecule has 1 aliphatic heterocycles. The second kappa shape index (κ2) is 7.98. The van der Waals surface area contributed by atoms with E-state index in [4.69, 9.17) is 0 Å². The van der Waals surface area contributed by atoms with Crippen LogP contribution in [-0.4, -0.2) is 51.7 Å². The van der Waals surface area contributed by atoms with Crippen LogP contribution >= 0.6 is 0 Å². The first-order chi connectivity index (χ1) is 13.6. The smallest absolute Gasteiger partial charge is 0.253 e. The lowest BCUT2D eigenvalue weighted by atomic mass is 10.1. The molecule has 0 N–H and O–H groups in total. The van der Waals surface area contributed by atoms with Crippen molar-refractivity contribution in [3.8, 4) is 5.69 Å². The summed E-state index contributed by atoms with van der Waals surface area (Å²) in [5.41, 5.74) is 5.41. The van der Waals surface area contributed by atoms with Crippen LogP contribution in [0.2, 0.25) is 0 Å². The zero-order valence-corrected chi connectivity index (χ0v) is 16.5. The van der Waals surface area contributed by atoms with E-state index in [0.29, 0.717) is 0 Å². The number of rotatable bonds is 4. The van der Waals surface area contributed by atoms with Gasteiger partial charge >= 0.3 is 0 Å². The summed E-state index contributed by atoms with van der Waals surface area (Å²) in [5.74, 6) is 0.110. The lowest BCUT2D eigenvalue weighted by molar-refractivity contribution is 0.0628. The molecule has 5 heteroatoms. The first-order valence-corrected chi connectivity index (χ1v) is 9.78. The van der Waals surface area contributed by atoms with E-state index in [1.54, 1.807) is 6.20 Å². The van der Waals surface area contributed by atoms with Crippen LogP contribution in [0.15, 0.2) is 60.8 Å². The number of hydrogen-bond donors (Lipinski definition) is 0. The number of carbonyl (C=O) groups excluding carboxylic acids is 1. The van der Waals surface area contributed by atoms with E-state index in [9.17, 15) is 4.79 Å². The fourth-order valence-corrected chi connectivity index (χ4v) is 3.75. The van der Waals surface area contributed by atoms with Crippen LogP contribution < -0.4 is 0 Å². The van der Waals surface area contributed by atoms with Crippen molar-refractivity contribution in [1.82, 2.24) is 19.6 Å². The summed E-state index contributed by atoms with van der Waals surface area (Å²) in [6.45, 7) is 8.44. The number of benzene rings is 2. The van der Waals surface area contributed by atoms with Gasteiger partial charge in [0.05, 0.1) is 5.69 Å². The van der Waals surface area contributed by atoms with Gasteiger partial charge in [0, 0.05) is 50.2 Å². The predicted octanol–water partition coefficient (Wildman–Crippen LogP) is 3.45. The number of piperazine rings is 1. The van der Waals surface area contributed by atoms with Gasteiger partial charge in [-0.3, -0.25) is 9.69 Å². The van der Waals surface area contributed by atoms with Gasteiger partial charge in [0.25, 0.3) is 5.91 Å². The first kappa shape index (κ1) is 18.4. The molecule has 1 saturated heterocycles. The Morgan fingerprint density at radius 3 is 2.36 bits per heavy atom. The summed E-state index contributed by atoms with van der Waals surface area (Å²) >= 11 is 0. The largest absolute Gasteiger partial charge is 0.336 e. The molecule has 4 rings (SSSR count). The topological polar surface area (TPSA) is 41.4 Å². The van der Waals surface area contributed by atoms with Crippen molar-refractivity contribution in [2.75, 3.05) is 26.2 Å². The molecule has 2 aromatic carbocycles. The maximum absolute atomic E-state index is 12.9. The molecule has 0 aliphatic carbocycles. The van der Waals surface area contributed by atoms with Crippen molar-refractivity contribution in [3.05, 3.63) is 83.2 Å². The molecule has 0 atom stereocenters. The molecular weight excluding hydrogens is 348 g/mol. The van der Waals surface area contributed by atoms with Gasteiger partial charge in [0.15, 0.2) is 0 Å². The Morgan fingerprint density at radius 2 is 1.71 bits per heavy atom. The molecule has 2 heterocycles. The maximum Gasteiger partial charge on any atom is 0.253 e. The molecule has 1 amide bonds. The van der Waals surface area contributed by atoms with Gasteiger partial charge in [0.2, 0.25) is 0 Å². The lowest BCUT2D eigenvalue weighted by Gasteiger charge is -2.34. The highest BCUT2D eigenvalue weighted by Gasteiger charge is 2.22. The van der Waals surface area contributed by atoms with E-state index in [-0.39, 0.29) is 5.91 Å². The predicted molar refractivity (Wildman–Crippen MR) is 111 cm³/mol. The monoisotopic (exact) mass is 374 g/mol. The molecule has 0 spiro atoms. The van der Waals surface area contributed by atoms with Crippen molar-refractivity contribution >= 4 is 5.91 Å². The van der Waals surface area contributed by atoms with E-state index in [1.807, 2.05) is 46.8 Å². The molecular formula is C23H26N4O. The third-order valence-corrected chi connectivity index (χ3v) is 5.34. The van der Waals surface area contributed by atoms with Gasteiger partial charge < -0.3 is 4.90 Å². The molecule has 1 aliphatic rings. The minimum Gasteiger partial charge on any atom is -0.336 e. The second-order valence-corrected chi connectivity index (χ2v) is 7.49. The van der Waals surface area contributed by atoms with E-state index in [0.717, 1.165) is 49.7 Å². The quantitative estimate of drug-likeness (QED) is 0.702. The van der Waals surface area contributed by atoms with Crippen molar-refractivity contribution in [3.63, 3.8) is 0 Å². The highest BCUT2D eigenvalue weighted by molar-refractivity contribution is 5.94. The molecule has 5 nitrogen and oxygen atoms in total. The van der Waals surface area contributed by atoms with Crippen molar-refractivity contribution in [2.45, 2.75) is 20.4 Å². The summed E-state index contributed by atoms with van der Waals surface area (Å²) in [5, 5.41) is 4.31. The highest BCUT2D eigenvalue weighted by atomic mass is 16.2. The standard InChI is InChI=1S/C23H26N4O/c1-18-4-3-5-20(16-18)17-25-12-14-26(15-13-25)23(28)21-6-8-22(9-7-21)27-19(2)10-11-24-27/h3-11,16H,12-15,17H2,1-2H3. The van der Waals surface area contributed by atoms with E-state index >= 15 is 0 Å². The third kappa shape index (κ3) is 3.99. The van der Waals surface area contributed by atoms with Crippen LogP contribution in [0, 0.1) is 13.8 Å². The van der Waals surface area contributed by atoms with Crippen LogP contribution in [0.25, 0.3) is 5.69 Å². The minimum atomic E-state index is 0.110. The van der Waals surface area contributed by atoms with Gasteiger partial charge in [-0.2, -0.15) is 5.10 Å². The summed E-state index contributed by atoms with van der Waals surface area (Å²) in [4.78, 5) is 17.2. The average Bonchev–Trinajstić information content (AvgIpc) is 3.14. The number of aromatic nitrogens is 2. The summed E-state index contributed by atoms with van der Waals surface area (Å²) in [7, 11) is 0. The average molecular weight is 374 g/mol. The Balaban J connectivity index is 1.35. The van der Waals surface area contributed by atoms with E-state index < -0.39 is 0 Å². The molecule has 3 aromatic rings. The molecule has 0 saturated carbocycles. The fourth-order valence-electron chi connectivity index (χ4n) is 3.75. The third-order valence-electron chi connectivity index (χ3n) is 5.34. The van der Waals surface area contributed by atoms with Gasteiger partial charge in [-0.05, 0) is 49.7 Å². The second-order valence-electron chi connectivity index (χ2n) is 7.49. The van der Waals surface area contributed by atoms with Gasteiger partial charge in [0.1, 0.15) is 0 Å². The molecule has 144 valence electrons. The van der Waals surface area contributed by atoms with Gasteiger partial charge in [-0.25, -0.2) is 4.68 Å². The Hall–Kier alpha value is -2.92. The van der Waals surface area contributed by atoms with Gasteiger partial charge in [-0.15, -0.1) is 0 Å². The Kier molecular flexibility index (Phi) is 5.26. The number of hydrogen-bond acceptors (Lipinski definition) is 3. The summed E-state index contributed by atoms with van der Waals surface area (Å²) < 4.78 is 1.87. The Labute approximate surface area is 166 Å². The van der Waals surface area contributed by atoms with Crippen molar-refractivity contribution in [2.24, 2.45) is 0 Å². The first-order valence-electron chi connectivity index (χ1n) is 9.78. The normalized spacial score (nSPS) is 15.0. The molecule has 0 unspecified atom stereocenters. The van der Waals surface area contributed by atoms with E-state index in [2.05, 4.69) is 41.2 Å².